The van der Waals surface area contributed by atoms with Gasteiger partial charge >= 0.3 is 6.20 Å². The van der Waals surface area contributed by atoms with Gasteiger partial charge in [0.25, 0.3) is 6.20 Å². The second-order valence-electron chi connectivity index (χ2n) is 0.603. The Morgan fingerprint density at radius 1 is 1.38 bits per heavy atom. The summed E-state index contributed by atoms with van der Waals surface area (Å²) in [6.07, 6.45) is 3.97. The third-order valence-electron chi connectivity index (χ3n) is 0.295. The van der Waals surface area contributed by atoms with E-state index in [0.29, 0.717) is 0 Å². The summed E-state index contributed by atoms with van der Waals surface area (Å²) in [7, 11) is 0. The van der Waals surface area contributed by atoms with Gasteiger partial charge in [0.15, 0.2) is 0 Å². The molecular weight excluding hydrogens is 172 g/mol. The van der Waals surface area contributed by atoms with Crippen molar-refractivity contribution in [2.24, 2.45) is 10.3 Å². The molecule has 1 heterocycles. The highest BCUT2D eigenvalue weighted by atomic mass is 35.5. The van der Waals surface area contributed by atoms with Crippen molar-refractivity contribution in [2.45, 2.75) is 0 Å². The van der Waals surface area contributed by atoms with Crippen molar-refractivity contribution in [3.63, 3.8) is 0 Å². The lowest BCUT2D eigenvalue weighted by Crippen LogP contribution is -3.00. The molecule has 0 aliphatic carbocycles. The van der Waals surface area contributed by atoms with Crippen LogP contribution in [0.4, 0.5) is 0 Å². The minimum absolute atomic E-state index is 0. The fourth-order valence-corrected chi connectivity index (χ4v) is 0.144. The molecule has 0 bridgehead atoms. The summed E-state index contributed by atoms with van der Waals surface area (Å²) >= 11 is 0. The second-order valence-corrected chi connectivity index (χ2v) is 0.603. The Labute approximate surface area is 65.8 Å². The van der Waals surface area contributed by atoms with Crippen molar-refractivity contribution >= 4 is 24.8 Å². The molecule has 0 spiro atoms. The van der Waals surface area contributed by atoms with E-state index >= 15 is 0 Å². The van der Waals surface area contributed by atoms with Gasteiger partial charge in [-0.15, -0.1) is 24.8 Å². The smallest absolute Gasteiger partial charge is 0.445 e. The van der Waals surface area contributed by atoms with Crippen LogP contribution in [0.1, 0.15) is 0 Å². The Bertz CT molecular complexity index is 70.6. The molecule has 8 heavy (non-hydrogen) atoms. The first-order valence-electron chi connectivity index (χ1n) is 1.22. The molecule has 1 rings (SSSR count). The fraction of sp³-hybridized carbons (Fsp3) is 0. The van der Waals surface area contributed by atoms with Crippen LogP contribution in [0.25, 0.3) is 0 Å². The van der Waals surface area contributed by atoms with E-state index in [0.717, 1.165) is 0 Å². The van der Waals surface area contributed by atoms with Crippen molar-refractivity contribution in [1.82, 2.24) is 5.43 Å². The molecule has 3 nitrogen and oxygen atoms in total. The zero-order chi connectivity index (χ0) is 3.54. The molecule has 0 atom stereocenters. The summed E-state index contributed by atoms with van der Waals surface area (Å²) in [5.74, 6) is 0. The van der Waals surface area contributed by atoms with E-state index in [1.807, 2.05) is 0 Å². The monoisotopic (exact) mass is 175 g/mol. The average Bonchev–Trinajstić information content (AvgIpc) is 1.76. The molecule has 0 fully saturated rings. The third-order valence-corrected chi connectivity index (χ3v) is 0.295. The normalized spacial score (nSPS) is 9.00. The van der Waals surface area contributed by atoms with Gasteiger partial charge in [0, 0.05) is 0 Å². The van der Waals surface area contributed by atoms with Crippen LogP contribution in [0.15, 0.2) is 16.5 Å². The average molecular weight is 176 g/mol. The van der Waals surface area contributed by atoms with E-state index in [9.17, 15) is 0 Å². The maximum atomic E-state index is 3.29. The molecule has 0 unspecified atom stereocenters. The molecule has 0 amide bonds. The Morgan fingerprint density at radius 2 is 2.00 bits per heavy atom. The molecule has 0 saturated carbocycles. The SMILES string of the molecule is Cl.Cl.[C+]1=CNN=N1.[Cl-]. The lowest BCUT2D eigenvalue weighted by molar-refractivity contribution is -0.00000147. The first-order valence-corrected chi connectivity index (χ1v) is 1.22. The van der Waals surface area contributed by atoms with Gasteiger partial charge in [-0.2, -0.15) is 0 Å². The van der Waals surface area contributed by atoms with Crippen LogP contribution in [0.2, 0.25) is 0 Å². The van der Waals surface area contributed by atoms with Gasteiger partial charge < -0.3 is 12.4 Å². The molecule has 1 aliphatic heterocycles. The van der Waals surface area contributed by atoms with Gasteiger partial charge in [0.05, 0.1) is 0 Å². The molecule has 0 aromatic carbocycles. The topological polar surface area (TPSA) is 36.8 Å². The minimum Gasteiger partial charge on any atom is -1.00 e. The van der Waals surface area contributed by atoms with Gasteiger partial charge in [0.2, 0.25) is 0 Å². The summed E-state index contributed by atoms with van der Waals surface area (Å²) in [5, 5.41) is 6.58. The van der Waals surface area contributed by atoms with Crippen LogP contribution in [-0.4, -0.2) is 0 Å². The van der Waals surface area contributed by atoms with Crippen LogP contribution in [0, 0.1) is 6.20 Å². The number of nitrogens with one attached hydrogen (secondary N) is 1. The summed E-state index contributed by atoms with van der Waals surface area (Å²) < 4.78 is 0. The molecule has 0 aromatic rings. The molecule has 1 N–H and O–H groups in total. The van der Waals surface area contributed by atoms with Crippen molar-refractivity contribution in [2.75, 3.05) is 0 Å². The molecule has 6 heteroatoms. The largest absolute Gasteiger partial charge is 1.00 e. The predicted molar refractivity (Wildman–Crippen MR) is 30.3 cm³/mol. The van der Waals surface area contributed by atoms with E-state index in [1.165, 1.54) is 6.20 Å². The Morgan fingerprint density at radius 3 is 2.12 bits per heavy atom. The summed E-state index contributed by atoms with van der Waals surface area (Å²) in [6.45, 7) is 0. The van der Waals surface area contributed by atoms with Crippen molar-refractivity contribution in [3.8, 4) is 0 Å². The Hall–Kier alpha value is -0.0800. The zero-order valence-corrected chi connectivity index (χ0v) is 6.06. The van der Waals surface area contributed by atoms with Crippen molar-refractivity contribution < 1.29 is 12.4 Å². The number of hydrogen-bond donors (Lipinski definition) is 1. The van der Waals surface area contributed by atoms with Gasteiger partial charge in [-0.25, -0.2) is 5.43 Å². The van der Waals surface area contributed by atoms with E-state index in [2.05, 4.69) is 22.0 Å². The van der Waals surface area contributed by atoms with Crippen LogP contribution in [0.3, 0.4) is 0 Å². The van der Waals surface area contributed by atoms with E-state index in [4.69, 9.17) is 0 Å². The van der Waals surface area contributed by atoms with E-state index in [-0.39, 0.29) is 37.2 Å². The number of hydrogen-bond acceptors (Lipinski definition) is 3. The molecular formula is C2H4Cl3N3. The quantitative estimate of drug-likeness (QED) is 0.429. The molecule has 0 saturated heterocycles. The highest BCUT2D eigenvalue weighted by Gasteiger charge is 1.92. The fourth-order valence-electron chi connectivity index (χ4n) is 0.144. The lowest BCUT2D eigenvalue weighted by atomic mass is 11.0. The standard InChI is InChI=1S/C2H2N3.3ClH/c1-2-4-5-3-1;;;/h1H,(H,3,4,5);3*1H/q+1;;;/p-1. The summed E-state index contributed by atoms with van der Waals surface area (Å²) in [6, 6.07) is 0. The van der Waals surface area contributed by atoms with Gasteiger partial charge in [-0.1, -0.05) is 0 Å². The van der Waals surface area contributed by atoms with Gasteiger partial charge in [-0.3, -0.25) is 0 Å². The second kappa shape index (κ2) is 10.0. The molecule has 0 radical (unpaired) electrons. The van der Waals surface area contributed by atoms with E-state index < -0.39 is 0 Å². The molecule has 1 aliphatic rings. The van der Waals surface area contributed by atoms with Gasteiger partial charge in [0.1, 0.15) is 5.11 Å². The Balaban J connectivity index is -0.0000000833. The third kappa shape index (κ3) is 5.92. The number of rotatable bonds is 0. The maximum absolute atomic E-state index is 3.29. The summed E-state index contributed by atoms with van der Waals surface area (Å²) in [4.78, 5) is 0. The van der Waals surface area contributed by atoms with Crippen molar-refractivity contribution in [3.05, 3.63) is 12.4 Å². The zero-order valence-electron chi connectivity index (χ0n) is 3.67. The highest BCUT2D eigenvalue weighted by molar-refractivity contribution is 5.85. The number of halogens is 3. The number of nitrogens with zero attached hydrogens (tertiary/aromatic N) is 2. The first-order chi connectivity index (χ1) is 2.50. The van der Waals surface area contributed by atoms with Crippen LogP contribution >= 0.6 is 24.8 Å². The maximum Gasteiger partial charge on any atom is 0.445 e. The molecule has 48 valence electrons. The molecule has 0 aromatic heterocycles. The minimum atomic E-state index is 0. The van der Waals surface area contributed by atoms with Crippen LogP contribution in [-0.2, 0) is 0 Å². The van der Waals surface area contributed by atoms with Crippen molar-refractivity contribution in [1.29, 1.82) is 0 Å². The van der Waals surface area contributed by atoms with Crippen LogP contribution < -0.4 is 17.8 Å². The van der Waals surface area contributed by atoms with E-state index in [1.54, 1.807) is 0 Å². The lowest BCUT2D eigenvalue weighted by Gasteiger charge is -1.56. The summed E-state index contributed by atoms with van der Waals surface area (Å²) in [5.41, 5.74) is 2.44. The Kier molecular flexibility index (Phi) is 19.6. The van der Waals surface area contributed by atoms with Gasteiger partial charge in [-0.05, 0) is 5.22 Å². The highest BCUT2D eigenvalue weighted by Crippen LogP contribution is 1.77. The predicted octanol–water partition coefficient (Wildman–Crippen LogP) is -1.92. The first kappa shape index (κ1) is 15.7. The van der Waals surface area contributed by atoms with Crippen LogP contribution in [0.5, 0.6) is 0 Å².